The lowest BCUT2D eigenvalue weighted by Crippen LogP contribution is -1.91. The molecule has 4 aromatic rings. The molecule has 0 radical (unpaired) electrons. The second-order valence-corrected chi connectivity index (χ2v) is 7.79. The van der Waals surface area contributed by atoms with Crippen molar-refractivity contribution >= 4 is 45.9 Å². The van der Waals surface area contributed by atoms with Gasteiger partial charge in [-0.1, -0.05) is 6.07 Å². The van der Waals surface area contributed by atoms with Crippen LogP contribution >= 0.6 is 0 Å². The molecule has 0 saturated carbocycles. The Kier molecular flexibility index (Phi) is 4.30. The lowest BCUT2D eigenvalue weighted by molar-refractivity contribution is 0.277. The molecule has 0 fully saturated rings. The minimum absolute atomic E-state index is 0.0783. The second kappa shape index (κ2) is 7.44. The smallest absolute Gasteiger partial charge is 0.0852 e. The van der Waals surface area contributed by atoms with Crippen molar-refractivity contribution in [3.63, 3.8) is 0 Å². The van der Waals surface area contributed by atoms with E-state index in [9.17, 15) is 5.11 Å². The number of hydrogen-bond donors (Lipinski definition) is 3. The third-order valence-electron chi connectivity index (χ3n) is 5.46. The summed E-state index contributed by atoms with van der Waals surface area (Å²) in [5.41, 5.74) is 9.96. The SMILES string of the molecule is OCc1ccc(C2=Cc3cc4ccc(cc5nc(cc6ccc(cc2n3)[nH]6)C=C5)[nH]4)cn1. The summed E-state index contributed by atoms with van der Waals surface area (Å²) in [5.74, 6) is 0. The molecule has 32 heavy (non-hydrogen) atoms. The van der Waals surface area contributed by atoms with E-state index in [1.807, 2.05) is 72.8 Å². The molecule has 0 unspecified atom stereocenters. The molecule has 0 aliphatic carbocycles. The molecule has 4 aromatic heterocycles. The first-order chi connectivity index (χ1) is 15.7. The quantitative estimate of drug-likeness (QED) is 0.371. The number of aromatic amines is 2. The normalized spacial score (nSPS) is 12.7. The van der Waals surface area contributed by atoms with Gasteiger partial charge in [0.1, 0.15) is 0 Å². The standard InChI is InChI=1S/C26H19N5O/c32-15-23-2-1-16(14-27-23)25-12-24-11-21-6-5-19(29-21)9-17-3-4-18(28-17)10-20-7-8-22(30-20)13-26(25)31-24/h1-14,29-30,32H,15H2. The number of rotatable bonds is 2. The molecule has 2 aliphatic rings. The van der Waals surface area contributed by atoms with E-state index in [2.05, 4.69) is 26.0 Å². The zero-order valence-electron chi connectivity index (χ0n) is 17.1. The summed E-state index contributed by atoms with van der Waals surface area (Å²) in [6.07, 6.45) is 7.86. The lowest BCUT2D eigenvalue weighted by Gasteiger charge is -2.02. The van der Waals surface area contributed by atoms with Crippen LogP contribution < -0.4 is 0 Å². The van der Waals surface area contributed by atoms with E-state index >= 15 is 0 Å². The van der Waals surface area contributed by atoms with Gasteiger partial charge in [-0.25, -0.2) is 9.97 Å². The highest BCUT2D eigenvalue weighted by Gasteiger charge is 2.13. The third kappa shape index (κ3) is 3.53. The zero-order valence-corrected chi connectivity index (χ0v) is 17.1. The molecular weight excluding hydrogens is 398 g/mol. The summed E-state index contributed by atoms with van der Waals surface area (Å²) in [7, 11) is 0. The zero-order chi connectivity index (χ0) is 21.5. The average Bonchev–Trinajstić information content (AvgIpc) is 3.59. The highest BCUT2D eigenvalue weighted by Crippen LogP contribution is 2.28. The Morgan fingerprint density at radius 2 is 1.31 bits per heavy atom. The van der Waals surface area contributed by atoms with Gasteiger partial charge >= 0.3 is 0 Å². The summed E-state index contributed by atoms with van der Waals surface area (Å²) in [4.78, 5) is 20.7. The summed E-state index contributed by atoms with van der Waals surface area (Å²) < 4.78 is 0. The fraction of sp³-hybridized carbons (Fsp3) is 0.0385. The molecule has 2 aliphatic heterocycles. The molecule has 8 bridgehead atoms. The van der Waals surface area contributed by atoms with Crippen molar-refractivity contribution < 1.29 is 5.11 Å². The maximum Gasteiger partial charge on any atom is 0.0852 e. The molecule has 154 valence electrons. The Labute approximate surface area is 183 Å². The van der Waals surface area contributed by atoms with Gasteiger partial charge in [0.05, 0.1) is 35.1 Å². The lowest BCUT2D eigenvalue weighted by atomic mass is 10.0. The van der Waals surface area contributed by atoms with Crippen molar-refractivity contribution in [3.8, 4) is 0 Å². The first-order valence-electron chi connectivity index (χ1n) is 10.4. The van der Waals surface area contributed by atoms with Crippen LogP contribution in [0.25, 0.3) is 45.9 Å². The van der Waals surface area contributed by atoms with Crippen molar-refractivity contribution in [2.45, 2.75) is 6.61 Å². The van der Waals surface area contributed by atoms with Gasteiger partial charge in [-0.05, 0) is 72.8 Å². The molecule has 3 N–H and O–H groups in total. The summed E-state index contributed by atoms with van der Waals surface area (Å²) >= 11 is 0. The van der Waals surface area contributed by atoms with E-state index in [1.165, 1.54) is 0 Å². The van der Waals surface area contributed by atoms with Gasteiger partial charge in [0, 0.05) is 39.4 Å². The van der Waals surface area contributed by atoms with Crippen LogP contribution in [0, 0.1) is 0 Å². The average molecular weight is 417 g/mol. The maximum absolute atomic E-state index is 9.32. The van der Waals surface area contributed by atoms with E-state index in [1.54, 1.807) is 6.20 Å². The highest BCUT2D eigenvalue weighted by molar-refractivity contribution is 5.93. The summed E-state index contributed by atoms with van der Waals surface area (Å²) in [6, 6.07) is 20.0. The van der Waals surface area contributed by atoms with Gasteiger partial charge in [0.25, 0.3) is 0 Å². The van der Waals surface area contributed by atoms with E-state index in [0.29, 0.717) is 5.69 Å². The van der Waals surface area contributed by atoms with Gasteiger partial charge in [-0.2, -0.15) is 0 Å². The van der Waals surface area contributed by atoms with Crippen molar-refractivity contribution in [1.82, 2.24) is 24.9 Å². The van der Waals surface area contributed by atoms with Crippen LogP contribution in [0.15, 0.2) is 66.9 Å². The first kappa shape index (κ1) is 18.5. The molecule has 0 saturated heterocycles. The number of nitrogens with zero attached hydrogens (tertiary/aromatic N) is 3. The predicted molar refractivity (Wildman–Crippen MR) is 127 cm³/mol. The fourth-order valence-corrected chi connectivity index (χ4v) is 3.92. The van der Waals surface area contributed by atoms with Crippen LogP contribution in [0.3, 0.4) is 0 Å². The largest absolute Gasteiger partial charge is 0.390 e. The molecule has 0 amide bonds. The number of aliphatic hydroxyl groups is 1. The Bertz CT molecular complexity index is 1550. The molecular formula is C26H19N5O. The van der Waals surface area contributed by atoms with Crippen LogP contribution in [0.2, 0.25) is 0 Å². The highest BCUT2D eigenvalue weighted by atomic mass is 16.3. The Balaban J connectivity index is 1.60. The number of aromatic nitrogens is 5. The Morgan fingerprint density at radius 3 is 1.91 bits per heavy atom. The Morgan fingerprint density at radius 1 is 0.688 bits per heavy atom. The molecule has 6 nitrogen and oxygen atoms in total. The second-order valence-electron chi connectivity index (χ2n) is 7.79. The van der Waals surface area contributed by atoms with Crippen LogP contribution in [-0.4, -0.2) is 30.0 Å². The molecule has 0 aromatic carbocycles. The number of aliphatic hydroxyl groups excluding tert-OH is 1. The molecule has 6 heterocycles. The first-order valence-corrected chi connectivity index (χ1v) is 10.4. The van der Waals surface area contributed by atoms with E-state index < -0.39 is 0 Å². The number of nitrogens with one attached hydrogen (secondary N) is 2. The van der Waals surface area contributed by atoms with E-state index in [-0.39, 0.29) is 6.61 Å². The monoisotopic (exact) mass is 417 g/mol. The van der Waals surface area contributed by atoms with Crippen LogP contribution in [0.1, 0.15) is 34.0 Å². The van der Waals surface area contributed by atoms with E-state index in [0.717, 1.165) is 56.0 Å². The molecule has 6 heteroatoms. The van der Waals surface area contributed by atoms with Gasteiger partial charge < -0.3 is 15.1 Å². The maximum atomic E-state index is 9.32. The summed E-state index contributed by atoms with van der Waals surface area (Å²) in [6.45, 7) is -0.0783. The third-order valence-corrected chi connectivity index (χ3v) is 5.46. The van der Waals surface area contributed by atoms with Gasteiger partial charge in [-0.3, -0.25) is 4.98 Å². The number of H-pyrrole nitrogens is 2. The summed E-state index contributed by atoms with van der Waals surface area (Å²) in [5, 5.41) is 9.32. The minimum atomic E-state index is -0.0783. The van der Waals surface area contributed by atoms with Crippen molar-refractivity contribution in [2.75, 3.05) is 0 Å². The van der Waals surface area contributed by atoms with E-state index in [4.69, 9.17) is 4.98 Å². The van der Waals surface area contributed by atoms with Gasteiger partial charge in [0.15, 0.2) is 0 Å². The minimum Gasteiger partial charge on any atom is -0.390 e. The van der Waals surface area contributed by atoms with Crippen molar-refractivity contribution in [1.29, 1.82) is 0 Å². The topological polar surface area (TPSA) is 90.5 Å². The molecule has 0 spiro atoms. The van der Waals surface area contributed by atoms with Crippen molar-refractivity contribution in [2.24, 2.45) is 0 Å². The number of fused-ring (bicyclic) bond motifs is 8. The molecule has 6 rings (SSSR count). The predicted octanol–water partition coefficient (Wildman–Crippen LogP) is 4.96. The number of pyridine rings is 1. The number of hydrogen-bond acceptors (Lipinski definition) is 4. The van der Waals surface area contributed by atoms with Crippen LogP contribution in [0.4, 0.5) is 0 Å². The fourth-order valence-electron chi connectivity index (χ4n) is 3.92. The van der Waals surface area contributed by atoms with Crippen LogP contribution in [-0.2, 0) is 6.61 Å². The van der Waals surface area contributed by atoms with Crippen LogP contribution in [0.5, 0.6) is 0 Å². The van der Waals surface area contributed by atoms with Gasteiger partial charge in [0.2, 0.25) is 0 Å². The molecule has 0 atom stereocenters. The van der Waals surface area contributed by atoms with Crippen molar-refractivity contribution in [3.05, 3.63) is 101 Å². The Hall–Kier alpha value is -4.29. The van der Waals surface area contributed by atoms with Gasteiger partial charge in [-0.15, -0.1) is 0 Å².